The average Bonchev–Trinajstić information content (AvgIpc) is 2.54. The highest BCUT2D eigenvalue weighted by Crippen LogP contribution is 2.34. The van der Waals surface area contributed by atoms with E-state index in [2.05, 4.69) is 0 Å². The fourth-order valence-electron chi connectivity index (χ4n) is 2.20. The van der Waals surface area contributed by atoms with Crippen molar-refractivity contribution in [1.29, 1.82) is 0 Å². The van der Waals surface area contributed by atoms with E-state index in [-0.39, 0.29) is 23.7 Å². The number of benzene rings is 1. The van der Waals surface area contributed by atoms with Gasteiger partial charge in [0.2, 0.25) is 5.75 Å². The molecule has 0 atom stereocenters. The van der Waals surface area contributed by atoms with Gasteiger partial charge >= 0.3 is 0 Å². The van der Waals surface area contributed by atoms with E-state index < -0.39 is 10.5 Å². The number of pyridine rings is 1. The molecule has 1 heterocycles. The maximum absolute atomic E-state index is 12.3. The van der Waals surface area contributed by atoms with Crippen LogP contribution in [0.2, 0.25) is 0 Å². The summed E-state index contributed by atoms with van der Waals surface area (Å²) in [6, 6.07) is 4.07. The van der Waals surface area contributed by atoms with Crippen molar-refractivity contribution in [2.45, 2.75) is 19.8 Å². The number of unbranched alkanes of at least 4 members (excludes halogenated alkanes) is 1. The maximum Gasteiger partial charge on any atom is 0.298 e. The van der Waals surface area contributed by atoms with Crippen LogP contribution >= 0.6 is 0 Å². The molecule has 0 saturated carbocycles. The minimum atomic E-state index is -0.600. The van der Waals surface area contributed by atoms with Crippen LogP contribution < -0.4 is 15.0 Å². The van der Waals surface area contributed by atoms with Crippen LogP contribution in [0, 0.1) is 10.1 Å². The summed E-state index contributed by atoms with van der Waals surface area (Å²) in [5.41, 5.74) is -0.415. The first kappa shape index (κ1) is 16.5. The quantitative estimate of drug-likeness (QED) is 0.335. The van der Waals surface area contributed by atoms with Gasteiger partial charge in [0.15, 0.2) is 5.75 Å². The Hall–Kier alpha value is -2.90. The van der Waals surface area contributed by atoms with E-state index in [0.717, 1.165) is 12.8 Å². The van der Waals surface area contributed by atoms with E-state index in [1.54, 1.807) is 0 Å². The number of ether oxygens (including phenoxy) is 2. The van der Waals surface area contributed by atoms with E-state index in [0.29, 0.717) is 17.5 Å². The molecule has 23 heavy (non-hydrogen) atoms. The van der Waals surface area contributed by atoms with Crippen molar-refractivity contribution in [2.24, 2.45) is 7.05 Å². The fraction of sp³-hybridized carbons (Fsp3) is 0.333. The number of aromatic nitrogens is 1. The number of non-ortho nitro benzene ring substituents is 1. The number of hydrogen-bond acceptors (Lipinski definition) is 6. The van der Waals surface area contributed by atoms with Gasteiger partial charge in [0.1, 0.15) is 0 Å². The van der Waals surface area contributed by atoms with E-state index in [9.17, 15) is 19.7 Å². The minimum absolute atomic E-state index is 0.124. The largest absolute Gasteiger partial charge is 0.489 e. The predicted molar refractivity (Wildman–Crippen MR) is 82.9 cm³/mol. The van der Waals surface area contributed by atoms with E-state index in [1.807, 2.05) is 6.92 Å². The standard InChI is InChI=1S/C15H16N2O6/c1-3-4-7-22-13-11-6-5-10(17(20)21)8-12(11)16(2)15(19)14(13)23-9-18/h5-6,8-9H,3-4,7H2,1-2H3. The van der Waals surface area contributed by atoms with Crippen molar-refractivity contribution in [3.63, 3.8) is 0 Å². The van der Waals surface area contributed by atoms with Gasteiger partial charge in [-0.1, -0.05) is 13.3 Å². The Morgan fingerprint density at radius 3 is 2.70 bits per heavy atom. The Bertz CT molecular complexity index is 812. The molecule has 0 radical (unpaired) electrons. The first-order valence-corrected chi connectivity index (χ1v) is 7.05. The summed E-state index contributed by atoms with van der Waals surface area (Å²) in [6.45, 7) is 2.48. The smallest absolute Gasteiger partial charge is 0.298 e. The number of carbonyl (C=O) groups is 1. The van der Waals surface area contributed by atoms with Crippen molar-refractivity contribution < 1.29 is 19.2 Å². The molecule has 0 bridgehead atoms. The van der Waals surface area contributed by atoms with Gasteiger partial charge in [0.05, 0.1) is 17.0 Å². The number of fused-ring (bicyclic) bond motifs is 1. The summed E-state index contributed by atoms with van der Waals surface area (Å²) in [5, 5.41) is 11.4. The molecule has 1 aromatic carbocycles. The normalized spacial score (nSPS) is 10.5. The molecule has 8 nitrogen and oxygen atoms in total. The lowest BCUT2D eigenvalue weighted by Crippen LogP contribution is -2.21. The lowest BCUT2D eigenvalue weighted by Gasteiger charge is -2.14. The maximum atomic E-state index is 12.3. The molecule has 0 fully saturated rings. The number of nitrogens with zero attached hydrogens (tertiary/aromatic N) is 2. The van der Waals surface area contributed by atoms with Crippen molar-refractivity contribution in [2.75, 3.05) is 6.61 Å². The Kier molecular flexibility index (Phi) is 4.95. The summed E-state index contributed by atoms with van der Waals surface area (Å²) in [6.07, 6.45) is 1.64. The van der Waals surface area contributed by atoms with Crippen LogP contribution in [-0.4, -0.2) is 22.6 Å². The second kappa shape index (κ2) is 6.91. The number of hydrogen-bond donors (Lipinski definition) is 0. The third kappa shape index (κ3) is 3.15. The summed E-state index contributed by atoms with van der Waals surface area (Å²) >= 11 is 0. The molecular weight excluding hydrogens is 304 g/mol. The molecule has 0 spiro atoms. The van der Waals surface area contributed by atoms with Crippen molar-refractivity contribution in [3.8, 4) is 11.5 Å². The molecule has 0 aliphatic rings. The molecule has 2 rings (SSSR count). The van der Waals surface area contributed by atoms with Gasteiger partial charge in [-0.25, -0.2) is 0 Å². The number of nitro groups is 1. The highest BCUT2D eigenvalue weighted by molar-refractivity contribution is 5.89. The van der Waals surface area contributed by atoms with E-state index in [4.69, 9.17) is 9.47 Å². The molecule has 0 N–H and O–H groups in total. The Balaban J connectivity index is 2.73. The van der Waals surface area contributed by atoms with Gasteiger partial charge in [-0.3, -0.25) is 19.7 Å². The molecule has 0 saturated heterocycles. The fourth-order valence-corrected chi connectivity index (χ4v) is 2.20. The molecular formula is C15H16N2O6. The van der Waals surface area contributed by atoms with Crippen molar-refractivity contribution in [1.82, 2.24) is 4.57 Å². The lowest BCUT2D eigenvalue weighted by molar-refractivity contribution is -0.384. The van der Waals surface area contributed by atoms with Gasteiger partial charge in [0.25, 0.3) is 17.7 Å². The van der Waals surface area contributed by atoms with Gasteiger partial charge in [0, 0.05) is 24.6 Å². The monoisotopic (exact) mass is 320 g/mol. The molecule has 0 aliphatic heterocycles. The second-order valence-corrected chi connectivity index (χ2v) is 4.90. The first-order valence-electron chi connectivity index (χ1n) is 7.05. The number of carbonyl (C=O) groups excluding carboxylic acids is 1. The second-order valence-electron chi connectivity index (χ2n) is 4.90. The van der Waals surface area contributed by atoms with Gasteiger partial charge in [-0.15, -0.1) is 0 Å². The van der Waals surface area contributed by atoms with Crippen LogP contribution in [0.3, 0.4) is 0 Å². The van der Waals surface area contributed by atoms with Crippen LogP contribution in [0.1, 0.15) is 19.8 Å². The Morgan fingerprint density at radius 1 is 1.35 bits per heavy atom. The molecule has 2 aromatic rings. The number of nitro benzene ring substituents is 1. The van der Waals surface area contributed by atoms with E-state index in [1.165, 1.54) is 29.8 Å². The Morgan fingerprint density at radius 2 is 2.09 bits per heavy atom. The molecule has 0 aliphatic carbocycles. The zero-order chi connectivity index (χ0) is 17.0. The molecule has 0 amide bonds. The predicted octanol–water partition coefficient (Wildman–Crippen LogP) is 2.16. The highest BCUT2D eigenvalue weighted by atomic mass is 16.6. The summed E-state index contributed by atoms with van der Waals surface area (Å²) < 4.78 is 11.6. The van der Waals surface area contributed by atoms with Gasteiger partial charge < -0.3 is 14.0 Å². The Labute approximate surface area is 131 Å². The van der Waals surface area contributed by atoms with Crippen molar-refractivity contribution >= 4 is 23.1 Å². The zero-order valence-electron chi connectivity index (χ0n) is 12.8. The first-order chi connectivity index (χ1) is 11.0. The molecule has 1 aromatic heterocycles. The molecule has 8 heteroatoms. The summed E-state index contributed by atoms with van der Waals surface area (Å²) in [4.78, 5) is 33.4. The van der Waals surface area contributed by atoms with Crippen LogP contribution in [0.25, 0.3) is 10.9 Å². The van der Waals surface area contributed by atoms with E-state index >= 15 is 0 Å². The SMILES string of the molecule is CCCCOc1c(OC=O)c(=O)n(C)c2cc([N+](=O)[O-])ccc12. The van der Waals surface area contributed by atoms with Crippen molar-refractivity contribution in [3.05, 3.63) is 38.7 Å². The van der Waals surface area contributed by atoms with Gasteiger partial charge in [-0.05, 0) is 12.5 Å². The lowest BCUT2D eigenvalue weighted by atomic mass is 10.1. The summed E-state index contributed by atoms with van der Waals surface area (Å²) in [5.74, 6) is -0.0986. The number of aryl methyl sites for hydroxylation is 1. The van der Waals surface area contributed by atoms with Crippen LogP contribution in [-0.2, 0) is 11.8 Å². The topological polar surface area (TPSA) is 101 Å². The minimum Gasteiger partial charge on any atom is -0.489 e. The summed E-state index contributed by atoms with van der Waals surface area (Å²) in [7, 11) is 1.45. The molecule has 122 valence electrons. The third-order valence-corrected chi connectivity index (χ3v) is 3.41. The highest BCUT2D eigenvalue weighted by Gasteiger charge is 2.20. The van der Waals surface area contributed by atoms with Crippen LogP contribution in [0.5, 0.6) is 11.5 Å². The van der Waals surface area contributed by atoms with Crippen LogP contribution in [0.15, 0.2) is 23.0 Å². The number of rotatable bonds is 7. The zero-order valence-corrected chi connectivity index (χ0v) is 12.8. The average molecular weight is 320 g/mol. The van der Waals surface area contributed by atoms with Crippen LogP contribution in [0.4, 0.5) is 5.69 Å². The molecule has 0 unspecified atom stereocenters. The van der Waals surface area contributed by atoms with Gasteiger partial charge in [-0.2, -0.15) is 0 Å². The third-order valence-electron chi connectivity index (χ3n) is 3.41.